The summed E-state index contributed by atoms with van der Waals surface area (Å²) in [6, 6.07) is 0. The first kappa shape index (κ1) is 17.4. The van der Waals surface area contributed by atoms with Gasteiger partial charge in [0.15, 0.2) is 0 Å². The van der Waals surface area contributed by atoms with Crippen molar-refractivity contribution in [1.29, 1.82) is 0 Å². The van der Waals surface area contributed by atoms with Crippen molar-refractivity contribution in [3.63, 3.8) is 0 Å². The fourth-order valence-electron chi connectivity index (χ4n) is 0.596. The average molecular weight is 356 g/mol. The number of halogens is 3. The number of rotatable bonds is 10. The molecule has 0 aromatic heterocycles. The number of hydrogen-bond acceptors (Lipinski definition) is 3. The molecule has 16 heavy (non-hydrogen) atoms. The van der Waals surface area contributed by atoms with Crippen LogP contribution in [0.3, 0.4) is 0 Å². The van der Waals surface area contributed by atoms with E-state index in [9.17, 15) is 0 Å². The van der Waals surface area contributed by atoms with E-state index < -0.39 is 8.60 Å². The molecule has 0 atom stereocenters. The summed E-state index contributed by atoms with van der Waals surface area (Å²) in [5.41, 5.74) is 0.0508. The van der Waals surface area contributed by atoms with Gasteiger partial charge in [0.05, 0.1) is 19.8 Å². The molecule has 0 fully saturated rings. The molecule has 0 amide bonds. The minimum Gasteiger partial charge on any atom is -0.312 e. The molecule has 0 aliphatic carbocycles. The van der Waals surface area contributed by atoms with Crippen LogP contribution in [0.15, 0.2) is 0 Å². The largest absolute Gasteiger partial charge is 0.332 e. The average Bonchev–Trinajstić information content (AvgIpc) is 2.28. The third-order valence-electron chi connectivity index (χ3n) is 1.47. The van der Waals surface area contributed by atoms with Gasteiger partial charge in [0, 0.05) is 17.1 Å². The Labute approximate surface area is 117 Å². The summed E-state index contributed by atoms with van der Waals surface area (Å²) in [4.78, 5) is 0. The fraction of sp³-hybridized carbons (Fsp3) is 1.00. The Balaban J connectivity index is 3.89. The third kappa shape index (κ3) is 9.41. The molecule has 3 nitrogen and oxygen atoms in total. The highest BCUT2D eigenvalue weighted by atomic mass is 79.9. The topological polar surface area (TPSA) is 27.7 Å². The van der Waals surface area contributed by atoms with Crippen LogP contribution >= 0.6 is 47.7 Å². The molecule has 0 radical (unpaired) electrons. The summed E-state index contributed by atoms with van der Waals surface area (Å²) >= 11 is 14.5. The molecule has 0 heterocycles. The first-order valence-electron chi connectivity index (χ1n) is 4.92. The zero-order chi connectivity index (χ0) is 12.4. The fourth-order valence-corrected chi connectivity index (χ4v) is 2.29. The first-order chi connectivity index (χ1) is 7.55. The highest BCUT2D eigenvalue weighted by Crippen LogP contribution is 2.41. The Morgan fingerprint density at radius 1 is 1.06 bits per heavy atom. The van der Waals surface area contributed by atoms with Crippen molar-refractivity contribution in [2.45, 2.75) is 13.8 Å². The lowest BCUT2D eigenvalue weighted by Gasteiger charge is -2.24. The van der Waals surface area contributed by atoms with Crippen molar-refractivity contribution in [2.24, 2.45) is 5.41 Å². The molecule has 0 unspecified atom stereocenters. The van der Waals surface area contributed by atoms with E-state index in [-0.39, 0.29) is 5.41 Å². The molecule has 98 valence electrons. The van der Waals surface area contributed by atoms with Gasteiger partial charge in [0.2, 0.25) is 0 Å². The van der Waals surface area contributed by atoms with Crippen LogP contribution in [0, 0.1) is 5.41 Å². The van der Waals surface area contributed by atoms with Gasteiger partial charge in [0.25, 0.3) is 0 Å². The Morgan fingerprint density at radius 3 is 1.94 bits per heavy atom. The minimum atomic E-state index is -1.33. The predicted molar refractivity (Wildman–Crippen MR) is 73.8 cm³/mol. The second kappa shape index (κ2) is 10.3. The second-order valence-corrected chi connectivity index (χ2v) is 6.38. The second-order valence-electron chi connectivity index (χ2n) is 3.84. The van der Waals surface area contributed by atoms with Gasteiger partial charge in [-0.2, -0.15) is 0 Å². The number of alkyl halides is 3. The Hall–Kier alpha value is 1.37. The molecule has 0 saturated carbocycles. The van der Waals surface area contributed by atoms with Gasteiger partial charge in [-0.25, -0.2) is 0 Å². The summed E-state index contributed by atoms with van der Waals surface area (Å²) < 4.78 is 16.3. The molecule has 0 N–H and O–H groups in total. The van der Waals surface area contributed by atoms with E-state index in [1.807, 2.05) is 0 Å². The van der Waals surface area contributed by atoms with Crippen LogP contribution in [-0.2, 0) is 13.6 Å². The lowest BCUT2D eigenvalue weighted by Crippen LogP contribution is -2.20. The molecule has 0 aromatic rings. The van der Waals surface area contributed by atoms with Gasteiger partial charge >= 0.3 is 8.60 Å². The van der Waals surface area contributed by atoms with Crippen molar-refractivity contribution < 1.29 is 13.6 Å². The number of hydrogen-bond donors (Lipinski definition) is 0. The van der Waals surface area contributed by atoms with E-state index in [4.69, 9.17) is 36.8 Å². The molecule has 0 rings (SSSR count). The van der Waals surface area contributed by atoms with Crippen LogP contribution in [0.2, 0.25) is 0 Å². The van der Waals surface area contributed by atoms with Crippen LogP contribution in [0.1, 0.15) is 13.8 Å². The molecular formula is C9H18BrCl2O3P. The van der Waals surface area contributed by atoms with Crippen LogP contribution in [0.5, 0.6) is 0 Å². The summed E-state index contributed by atoms with van der Waals surface area (Å²) in [6.45, 7) is 5.60. The van der Waals surface area contributed by atoms with Crippen LogP contribution in [-0.4, -0.2) is 36.9 Å². The normalized spacial score (nSPS) is 12.4. The molecule has 7 heteroatoms. The van der Waals surface area contributed by atoms with Gasteiger partial charge in [-0.1, -0.05) is 29.8 Å². The summed E-state index contributed by atoms with van der Waals surface area (Å²) in [5.74, 6) is 0.850. The Morgan fingerprint density at radius 2 is 1.56 bits per heavy atom. The highest BCUT2D eigenvalue weighted by molar-refractivity contribution is 9.09. The minimum absolute atomic E-state index is 0.0508. The van der Waals surface area contributed by atoms with E-state index in [1.54, 1.807) is 0 Å². The molecule has 0 aliphatic heterocycles. The van der Waals surface area contributed by atoms with Crippen molar-refractivity contribution in [3.8, 4) is 0 Å². The van der Waals surface area contributed by atoms with Crippen LogP contribution in [0.25, 0.3) is 0 Å². The van der Waals surface area contributed by atoms with E-state index in [0.29, 0.717) is 31.6 Å². The summed E-state index contributed by atoms with van der Waals surface area (Å²) in [5, 5.41) is 0.855. The van der Waals surface area contributed by atoms with Gasteiger partial charge < -0.3 is 13.6 Å². The van der Waals surface area contributed by atoms with E-state index in [0.717, 1.165) is 5.33 Å². The van der Waals surface area contributed by atoms with E-state index >= 15 is 0 Å². The maximum atomic E-state index is 5.58. The zero-order valence-corrected chi connectivity index (χ0v) is 13.5. The smallest absolute Gasteiger partial charge is 0.312 e. The van der Waals surface area contributed by atoms with E-state index in [2.05, 4.69) is 29.8 Å². The van der Waals surface area contributed by atoms with Crippen molar-refractivity contribution in [2.75, 3.05) is 36.9 Å². The Bertz CT molecular complexity index is 167. The van der Waals surface area contributed by atoms with E-state index in [1.165, 1.54) is 0 Å². The van der Waals surface area contributed by atoms with Crippen molar-refractivity contribution >= 4 is 47.7 Å². The molecule has 0 aromatic carbocycles. The lowest BCUT2D eigenvalue weighted by molar-refractivity contribution is 0.133. The van der Waals surface area contributed by atoms with Crippen molar-refractivity contribution in [3.05, 3.63) is 0 Å². The highest BCUT2D eigenvalue weighted by Gasteiger charge is 2.21. The third-order valence-corrected chi connectivity index (χ3v) is 4.42. The Kier molecular flexibility index (Phi) is 11.2. The molecule has 0 saturated heterocycles. The maximum Gasteiger partial charge on any atom is 0.332 e. The van der Waals surface area contributed by atoms with Crippen molar-refractivity contribution in [1.82, 2.24) is 0 Å². The quantitative estimate of drug-likeness (QED) is 0.435. The van der Waals surface area contributed by atoms with Crippen LogP contribution in [0.4, 0.5) is 0 Å². The monoisotopic (exact) mass is 354 g/mol. The lowest BCUT2D eigenvalue weighted by atomic mass is 9.99. The van der Waals surface area contributed by atoms with Crippen LogP contribution < -0.4 is 0 Å². The van der Waals surface area contributed by atoms with Gasteiger partial charge in [0.1, 0.15) is 0 Å². The standard InChI is InChI=1S/C9H18BrCl2O3P/c1-9(2,7-10)8-15-16(13-5-3-11)14-6-4-12/h3-8H2,1-2H3. The summed E-state index contributed by atoms with van der Waals surface area (Å²) in [7, 11) is -1.33. The molecule has 0 aliphatic rings. The SMILES string of the molecule is CC(C)(CBr)COP(OCCCl)OCCCl. The summed E-state index contributed by atoms with van der Waals surface area (Å²) in [6.07, 6.45) is 0. The molecular weight excluding hydrogens is 338 g/mol. The molecule has 0 bridgehead atoms. The first-order valence-corrected chi connectivity index (χ1v) is 8.21. The van der Waals surface area contributed by atoms with Gasteiger partial charge in [-0.3, -0.25) is 0 Å². The van der Waals surface area contributed by atoms with Gasteiger partial charge in [-0.15, -0.1) is 23.2 Å². The maximum absolute atomic E-state index is 5.58. The predicted octanol–water partition coefficient (Wildman–Crippen LogP) is 4.16. The molecule has 0 spiro atoms. The zero-order valence-electron chi connectivity index (χ0n) is 9.55. The van der Waals surface area contributed by atoms with Gasteiger partial charge in [-0.05, 0) is 5.41 Å².